The fourth-order valence-electron chi connectivity index (χ4n) is 2.88. The summed E-state index contributed by atoms with van der Waals surface area (Å²) < 4.78 is 19.8. The molecule has 0 bridgehead atoms. The highest BCUT2D eigenvalue weighted by atomic mass is 35.5. The highest BCUT2D eigenvalue weighted by molar-refractivity contribution is 6.33. The molecule has 3 rings (SSSR count). The van der Waals surface area contributed by atoms with Gasteiger partial charge in [-0.1, -0.05) is 17.7 Å². The second-order valence-electron chi connectivity index (χ2n) is 6.54. The Hall–Kier alpha value is -3.19. The number of nitrogens with one attached hydrogen (secondary N) is 1. The molecule has 0 aliphatic heterocycles. The Bertz CT molecular complexity index is 1080. The number of carbonyl (C=O) groups excluding carboxylic acids is 2. The van der Waals surface area contributed by atoms with Gasteiger partial charge in [0.15, 0.2) is 6.61 Å². The van der Waals surface area contributed by atoms with E-state index >= 15 is 0 Å². The normalized spacial score (nSPS) is 10.7. The molecule has 0 aliphatic rings. The summed E-state index contributed by atoms with van der Waals surface area (Å²) in [6.07, 6.45) is 0. The smallest absolute Gasteiger partial charge is 0.342 e. The second-order valence-corrected chi connectivity index (χ2v) is 6.95. The summed E-state index contributed by atoms with van der Waals surface area (Å²) in [5.41, 5.74) is 3.24. The molecular formula is C21H19ClFN3O3. The molecule has 1 amide bonds. The molecule has 2 aromatic carbocycles. The zero-order chi connectivity index (χ0) is 21.1. The van der Waals surface area contributed by atoms with Gasteiger partial charge in [-0.05, 0) is 62.7 Å². The van der Waals surface area contributed by atoms with Gasteiger partial charge in [-0.3, -0.25) is 4.79 Å². The van der Waals surface area contributed by atoms with E-state index in [4.69, 9.17) is 16.3 Å². The van der Waals surface area contributed by atoms with Crippen LogP contribution >= 0.6 is 11.6 Å². The number of amides is 1. The molecule has 29 heavy (non-hydrogen) atoms. The first kappa shape index (κ1) is 20.5. The number of hydrogen-bond acceptors (Lipinski definition) is 4. The van der Waals surface area contributed by atoms with Crippen LogP contribution in [-0.4, -0.2) is 28.3 Å². The van der Waals surface area contributed by atoms with E-state index in [-0.39, 0.29) is 11.4 Å². The summed E-state index contributed by atoms with van der Waals surface area (Å²) in [4.78, 5) is 24.6. The van der Waals surface area contributed by atoms with E-state index in [2.05, 4.69) is 10.4 Å². The van der Waals surface area contributed by atoms with Crippen LogP contribution in [0.15, 0.2) is 42.5 Å². The maximum absolute atomic E-state index is 13.1. The van der Waals surface area contributed by atoms with Gasteiger partial charge in [-0.2, -0.15) is 5.10 Å². The highest BCUT2D eigenvalue weighted by Crippen LogP contribution is 2.23. The van der Waals surface area contributed by atoms with Crippen LogP contribution in [0, 0.1) is 26.6 Å². The Balaban J connectivity index is 1.69. The Morgan fingerprint density at radius 2 is 1.83 bits per heavy atom. The third kappa shape index (κ3) is 4.63. The molecule has 1 N–H and O–H groups in total. The third-order valence-electron chi connectivity index (χ3n) is 4.30. The number of anilines is 1. The fourth-order valence-corrected chi connectivity index (χ4v) is 3.17. The van der Waals surface area contributed by atoms with Crippen LogP contribution in [0.1, 0.15) is 27.3 Å². The molecule has 1 aromatic heterocycles. The number of hydrogen-bond donors (Lipinski definition) is 1. The summed E-state index contributed by atoms with van der Waals surface area (Å²) >= 11 is 6.09. The van der Waals surface area contributed by atoms with Gasteiger partial charge in [0.1, 0.15) is 11.4 Å². The summed E-state index contributed by atoms with van der Waals surface area (Å²) in [7, 11) is 0. The average Bonchev–Trinajstić information content (AvgIpc) is 2.97. The van der Waals surface area contributed by atoms with E-state index < -0.39 is 18.5 Å². The lowest BCUT2D eigenvalue weighted by atomic mass is 10.2. The van der Waals surface area contributed by atoms with Gasteiger partial charge in [-0.15, -0.1) is 0 Å². The number of esters is 1. The van der Waals surface area contributed by atoms with Crippen molar-refractivity contribution < 1.29 is 18.7 Å². The molecular weight excluding hydrogens is 397 g/mol. The molecule has 6 nitrogen and oxygen atoms in total. The van der Waals surface area contributed by atoms with Crippen LogP contribution in [-0.2, 0) is 9.53 Å². The van der Waals surface area contributed by atoms with Crippen molar-refractivity contribution >= 4 is 29.2 Å². The number of halogens is 2. The quantitative estimate of drug-likeness (QED) is 0.627. The van der Waals surface area contributed by atoms with Gasteiger partial charge in [0.25, 0.3) is 5.91 Å². The lowest BCUT2D eigenvalue weighted by molar-refractivity contribution is -0.119. The van der Waals surface area contributed by atoms with Crippen LogP contribution < -0.4 is 5.32 Å². The number of carbonyl (C=O) groups is 2. The Morgan fingerprint density at radius 3 is 2.48 bits per heavy atom. The average molecular weight is 416 g/mol. The predicted molar refractivity (Wildman–Crippen MR) is 108 cm³/mol. The molecule has 1 heterocycles. The van der Waals surface area contributed by atoms with Crippen LogP contribution in [0.2, 0.25) is 5.02 Å². The van der Waals surface area contributed by atoms with Gasteiger partial charge < -0.3 is 10.1 Å². The molecule has 0 saturated heterocycles. The summed E-state index contributed by atoms with van der Waals surface area (Å²) in [6, 6.07) is 10.9. The van der Waals surface area contributed by atoms with Crippen molar-refractivity contribution in [1.82, 2.24) is 9.78 Å². The van der Waals surface area contributed by atoms with Crippen molar-refractivity contribution in [3.63, 3.8) is 0 Å². The highest BCUT2D eigenvalue weighted by Gasteiger charge is 2.21. The van der Waals surface area contributed by atoms with Crippen molar-refractivity contribution in [1.29, 1.82) is 0 Å². The van der Waals surface area contributed by atoms with Gasteiger partial charge in [-0.25, -0.2) is 13.9 Å². The molecule has 0 saturated carbocycles. The topological polar surface area (TPSA) is 73.2 Å². The van der Waals surface area contributed by atoms with E-state index in [1.54, 1.807) is 38.1 Å². The standard InChI is InChI=1S/C21H19ClFN3O3/c1-12-4-9-18(17(22)10-12)24-19(27)11-29-21(28)20-13(2)25-26(14(20)3)16-7-5-15(23)6-8-16/h4-10H,11H2,1-3H3,(H,24,27). The molecule has 0 aliphatic carbocycles. The lowest BCUT2D eigenvalue weighted by Gasteiger charge is -2.09. The van der Waals surface area contributed by atoms with Gasteiger partial charge in [0.2, 0.25) is 0 Å². The van der Waals surface area contributed by atoms with Crippen molar-refractivity contribution in [3.8, 4) is 5.69 Å². The first-order chi connectivity index (χ1) is 13.8. The molecule has 0 unspecified atom stereocenters. The molecule has 150 valence electrons. The van der Waals surface area contributed by atoms with Crippen molar-refractivity contribution in [3.05, 3.63) is 75.8 Å². The Morgan fingerprint density at radius 1 is 1.14 bits per heavy atom. The van der Waals surface area contributed by atoms with E-state index in [0.29, 0.717) is 27.8 Å². The maximum atomic E-state index is 13.1. The third-order valence-corrected chi connectivity index (χ3v) is 4.61. The minimum absolute atomic E-state index is 0.260. The summed E-state index contributed by atoms with van der Waals surface area (Å²) in [5, 5.41) is 7.33. The van der Waals surface area contributed by atoms with E-state index in [1.807, 2.05) is 13.0 Å². The first-order valence-electron chi connectivity index (χ1n) is 8.81. The zero-order valence-corrected chi connectivity index (χ0v) is 16.9. The Labute approximate surface area is 172 Å². The minimum atomic E-state index is -0.668. The number of benzene rings is 2. The largest absolute Gasteiger partial charge is 0.452 e. The fraction of sp³-hybridized carbons (Fsp3) is 0.190. The molecule has 3 aromatic rings. The monoisotopic (exact) mass is 415 g/mol. The molecule has 0 fully saturated rings. The van der Waals surface area contributed by atoms with Gasteiger partial charge in [0.05, 0.1) is 27.8 Å². The summed E-state index contributed by atoms with van der Waals surface area (Å²) in [5.74, 6) is -1.54. The summed E-state index contributed by atoms with van der Waals surface area (Å²) in [6.45, 7) is 4.78. The predicted octanol–water partition coefficient (Wildman–Crippen LogP) is 4.39. The second kappa shape index (κ2) is 8.45. The lowest BCUT2D eigenvalue weighted by Crippen LogP contribution is -2.21. The van der Waals surface area contributed by atoms with E-state index in [9.17, 15) is 14.0 Å². The molecule has 0 spiro atoms. The first-order valence-corrected chi connectivity index (χ1v) is 9.19. The number of aromatic nitrogens is 2. The number of aryl methyl sites for hydroxylation is 2. The number of rotatable bonds is 5. The zero-order valence-electron chi connectivity index (χ0n) is 16.1. The van der Waals surface area contributed by atoms with Crippen LogP contribution in [0.5, 0.6) is 0 Å². The Kier molecular flexibility index (Phi) is 5.98. The van der Waals surface area contributed by atoms with Crippen LogP contribution in [0.4, 0.5) is 10.1 Å². The van der Waals surface area contributed by atoms with Crippen molar-refractivity contribution in [2.45, 2.75) is 20.8 Å². The minimum Gasteiger partial charge on any atom is -0.452 e. The van der Waals surface area contributed by atoms with Crippen molar-refractivity contribution in [2.24, 2.45) is 0 Å². The number of ether oxygens (including phenoxy) is 1. The van der Waals surface area contributed by atoms with E-state index in [1.165, 1.54) is 16.8 Å². The van der Waals surface area contributed by atoms with Crippen LogP contribution in [0.25, 0.3) is 5.69 Å². The van der Waals surface area contributed by atoms with Gasteiger partial charge in [0, 0.05) is 0 Å². The SMILES string of the molecule is Cc1ccc(NC(=O)COC(=O)c2c(C)nn(-c3ccc(F)cc3)c2C)c(Cl)c1. The number of nitrogens with zero attached hydrogens (tertiary/aromatic N) is 2. The molecule has 0 radical (unpaired) electrons. The molecule has 0 atom stereocenters. The van der Waals surface area contributed by atoms with Gasteiger partial charge >= 0.3 is 5.97 Å². The molecule has 8 heteroatoms. The van der Waals surface area contributed by atoms with Crippen molar-refractivity contribution in [2.75, 3.05) is 11.9 Å². The maximum Gasteiger partial charge on any atom is 0.342 e. The van der Waals surface area contributed by atoms with Crippen LogP contribution in [0.3, 0.4) is 0 Å². The van der Waals surface area contributed by atoms with E-state index in [0.717, 1.165) is 5.56 Å².